The van der Waals surface area contributed by atoms with E-state index >= 15 is 0 Å². The van der Waals surface area contributed by atoms with Crippen LogP contribution in [0, 0.1) is 19.8 Å². The van der Waals surface area contributed by atoms with E-state index in [1.54, 1.807) is 12.1 Å². The lowest BCUT2D eigenvalue weighted by molar-refractivity contribution is -0.119. The largest absolute Gasteiger partial charge is 0.508 e. The van der Waals surface area contributed by atoms with Gasteiger partial charge in [-0.05, 0) is 69.5 Å². The molecule has 1 aromatic carbocycles. The van der Waals surface area contributed by atoms with Crippen molar-refractivity contribution in [1.29, 1.82) is 0 Å². The number of hydrogen-bond donors (Lipinski definition) is 1. The maximum Gasteiger partial charge on any atom is 0.266 e. The van der Waals surface area contributed by atoms with E-state index in [0.717, 1.165) is 28.2 Å². The van der Waals surface area contributed by atoms with E-state index < -0.39 is 0 Å². The first-order chi connectivity index (χ1) is 13.1. The number of allylic oxidation sites excluding steroid dienone is 2. The molecule has 0 aliphatic carbocycles. The first-order valence-electron chi connectivity index (χ1n) is 9.30. The van der Waals surface area contributed by atoms with Crippen molar-refractivity contribution in [3.8, 4) is 5.75 Å². The first kappa shape index (κ1) is 19.7. The van der Waals surface area contributed by atoms with Crippen LogP contribution in [0.4, 0.5) is 5.69 Å². The van der Waals surface area contributed by atoms with E-state index in [1.807, 2.05) is 47.6 Å². The van der Waals surface area contributed by atoms with Gasteiger partial charge in [0, 0.05) is 5.56 Å². The fourth-order valence-corrected chi connectivity index (χ4v) is 3.71. The van der Waals surface area contributed by atoms with Gasteiger partial charge >= 0.3 is 0 Å². The molecule has 0 radical (unpaired) electrons. The van der Waals surface area contributed by atoms with Crippen LogP contribution in [0.25, 0.3) is 5.57 Å². The molecule has 1 fully saturated rings. The zero-order valence-corrected chi connectivity index (χ0v) is 17.1. The van der Waals surface area contributed by atoms with Crippen LogP contribution in [0.5, 0.6) is 5.75 Å². The van der Waals surface area contributed by atoms with E-state index in [2.05, 4.69) is 0 Å². The molecule has 1 N–H and O–H groups in total. The summed E-state index contributed by atoms with van der Waals surface area (Å²) in [5, 5.41) is 9.55. The summed E-state index contributed by atoms with van der Waals surface area (Å²) < 4.78 is 5.70. The number of aromatic hydroxyl groups is 1. The summed E-state index contributed by atoms with van der Waals surface area (Å²) in [4.78, 5) is 27.9. The number of rotatable bonds is 3. The Morgan fingerprint density at radius 3 is 2.04 bits per heavy atom. The molecule has 0 bridgehead atoms. The van der Waals surface area contributed by atoms with E-state index in [0.29, 0.717) is 16.8 Å². The van der Waals surface area contributed by atoms with Gasteiger partial charge in [-0.25, -0.2) is 4.90 Å². The van der Waals surface area contributed by atoms with Crippen LogP contribution in [-0.2, 0) is 9.59 Å². The normalized spacial score (nSPS) is 16.4. The van der Waals surface area contributed by atoms with Gasteiger partial charge in [-0.2, -0.15) is 0 Å². The van der Waals surface area contributed by atoms with Gasteiger partial charge < -0.3 is 9.52 Å². The van der Waals surface area contributed by atoms with Gasteiger partial charge in [0.2, 0.25) is 0 Å². The summed E-state index contributed by atoms with van der Waals surface area (Å²) in [5.41, 5.74) is 3.74. The molecule has 2 heterocycles. The third-order valence-electron chi connectivity index (χ3n) is 4.87. The van der Waals surface area contributed by atoms with Crippen molar-refractivity contribution in [2.75, 3.05) is 4.90 Å². The monoisotopic (exact) mass is 379 g/mol. The minimum absolute atomic E-state index is 0.0107. The Morgan fingerprint density at radius 2 is 1.57 bits per heavy atom. The molecule has 5 heteroatoms. The smallest absolute Gasteiger partial charge is 0.266 e. The maximum atomic E-state index is 13.5. The Kier molecular flexibility index (Phi) is 5.02. The van der Waals surface area contributed by atoms with Crippen molar-refractivity contribution >= 4 is 23.1 Å². The Balaban J connectivity index is 2.30. The minimum Gasteiger partial charge on any atom is -0.508 e. The number of aryl methyl sites for hydroxylation is 2. The number of hydrogen-bond acceptors (Lipinski definition) is 4. The molecule has 2 amide bonds. The molecule has 1 aliphatic rings. The molecular formula is C23H25NO4. The van der Waals surface area contributed by atoms with Crippen molar-refractivity contribution in [1.82, 2.24) is 0 Å². The summed E-state index contributed by atoms with van der Waals surface area (Å²) in [6.45, 7) is 11.4. The van der Waals surface area contributed by atoms with Crippen LogP contribution in [-0.4, -0.2) is 16.9 Å². The number of benzene rings is 1. The Bertz CT molecular complexity index is 1020. The molecule has 1 aromatic heterocycles. The highest BCUT2D eigenvalue weighted by atomic mass is 16.3. The summed E-state index contributed by atoms with van der Waals surface area (Å²) in [6, 6.07) is 7.98. The van der Waals surface area contributed by atoms with Gasteiger partial charge in [-0.15, -0.1) is 0 Å². The number of imide groups is 1. The molecule has 28 heavy (non-hydrogen) atoms. The van der Waals surface area contributed by atoms with Gasteiger partial charge in [0.25, 0.3) is 11.8 Å². The third-order valence-corrected chi connectivity index (χ3v) is 4.87. The van der Waals surface area contributed by atoms with E-state index in [-0.39, 0.29) is 23.5 Å². The molecule has 0 saturated carbocycles. The van der Waals surface area contributed by atoms with E-state index in [1.165, 1.54) is 17.0 Å². The first-order valence-corrected chi connectivity index (χ1v) is 9.30. The highest BCUT2D eigenvalue weighted by Crippen LogP contribution is 2.41. The molecule has 0 spiro atoms. The minimum atomic E-state index is -0.353. The van der Waals surface area contributed by atoms with Gasteiger partial charge in [0.05, 0.1) is 16.8 Å². The predicted molar refractivity (Wildman–Crippen MR) is 109 cm³/mol. The molecule has 1 aliphatic heterocycles. The lowest BCUT2D eigenvalue weighted by Gasteiger charge is -2.16. The third kappa shape index (κ3) is 3.17. The van der Waals surface area contributed by atoms with Crippen molar-refractivity contribution in [2.24, 2.45) is 5.92 Å². The molecule has 3 rings (SSSR count). The SMILES string of the molecule is CC(C)=C1C(=O)N(c2ccc(O)cc2)C(=O)C1=C(c1cc(C)oc1C)C(C)C. The number of carbonyl (C=O) groups is 2. The second-order valence-corrected chi connectivity index (χ2v) is 7.61. The van der Waals surface area contributed by atoms with Crippen LogP contribution in [0.2, 0.25) is 0 Å². The Hall–Kier alpha value is -3.08. The van der Waals surface area contributed by atoms with Crippen molar-refractivity contribution in [3.05, 3.63) is 64.1 Å². The van der Waals surface area contributed by atoms with Gasteiger partial charge in [0.1, 0.15) is 17.3 Å². The fraction of sp³-hybridized carbons (Fsp3) is 0.304. The van der Waals surface area contributed by atoms with Crippen LogP contribution < -0.4 is 4.90 Å². The molecular weight excluding hydrogens is 354 g/mol. The fourth-order valence-electron chi connectivity index (χ4n) is 3.71. The quantitative estimate of drug-likeness (QED) is 0.607. The number of anilines is 1. The van der Waals surface area contributed by atoms with E-state index in [9.17, 15) is 14.7 Å². The molecule has 2 aromatic rings. The second kappa shape index (κ2) is 7.15. The topological polar surface area (TPSA) is 70.8 Å². The van der Waals surface area contributed by atoms with Gasteiger partial charge in [-0.3, -0.25) is 9.59 Å². The lowest BCUT2D eigenvalue weighted by atomic mass is 9.87. The lowest BCUT2D eigenvalue weighted by Crippen LogP contribution is -2.29. The van der Waals surface area contributed by atoms with Gasteiger partial charge in [-0.1, -0.05) is 19.4 Å². The molecule has 5 nitrogen and oxygen atoms in total. The molecule has 0 atom stereocenters. The number of phenols is 1. The zero-order valence-electron chi connectivity index (χ0n) is 17.1. The number of phenolic OH excluding ortho intramolecular Hbond substituents is 1. The highest BCUT2D eigenvalue weighted by molar-refractivity contribution is 6.39. The molecule has 1 saturated heterocycles. The van der Waals surface area contributed by atoms with Crippen LogP contribution in [0.1, 0.15) is 44.8 Å². The van der Waals surface area contributed by atoms with Gasteiger partial charge in [0.15, 0.2) is 0 Å². The van der Waals surface area contributed by atoms with Crippen molar-refractivity contribution in [3.63, 3.8) is 0 Å². The Morgan fingerprint density at radius 1 is 1.00 bits per heavy atom. The number of carbonyl (C=O) groups excluding carboxylic acids is 2. The summed E-state index contributed by atoms with van der Waals surface area (Å²) in [7, 11) is 0. The predicted octanol–water partition coefficient (Wildman–Crippen LogP) is 4.92. The standard InChI is InChI=1S/C23H25NO4/c1-12(2)19(18-11-14(5)28-15(18)6)21-20(13(3)4)22(26)24(23(21)27)16-7-9-17(25)10-8-16/h7-12,25H,1-6H3. The van der Waals surface area contributed by atoms with Crippen LogP contribution >= 0.6 is 0 Å². The van der Waals surface area contributed by atoms with Crippen LogP contribution in [0.3, 0.4) is 0 Å². The second-order valence-electron chi connectivity index (χ2n) is 7.61. The van der Waals surface area contributed by atoms with E-state index in [4.69, 9.17) is 4.42 Å². The number of nitrogens with zero attached hydrogens (tertiary/aromatic N) is 1. The highest BCUT2D eigenvalue weighted by Gasteiger charge is 2.43. The molecule has 146 valence electrons. The van der Waals surface area contributed by atoms with Crippen LogP contribution in [0.15, 0.2) is 51.5 Å². The maximum absolute atomic E-state index is 13.5. The Labute approximate surface area is 165 Å². The average Bonchev–Trinajstić information content (AvgIpc) is 3.05. The average molecular weight is 379 g/mol. The van der Waals surface area contributed by atoms with Crippen molar-refractivity contribution in [2.45, 2.75) is 41.5 Å². The number of amides is 2. The van der Waals surface area contributed by atoms with Crippen molar-refractivity contribution < 1.29 is 19.1 Å². The summed E-state index contributed by atoms with van der Waals surface area (Å²) in [5.74, 6) is 0.878. The summed E-state index contributed by atoms with van der Waals surface area (Å²) in [6.07, 6.45) is 0. The molecule has 0 unspecified atom stereocenters. The summed E-state index contributed by atoms with van der Waals surface area (Å²) >= 11 is 0. The number of furan rings is 1. The zero-order chi connectivity index (χ0) is 20.7.